The van der Waals surface area contributed by atoms with Crippen LogP contribution in [0.15, 0.2) is 24.5 Å². The van der Waals surface area contributed by atoms with Crippen LogP contribution in [-0.2, 0) is 6.42 Å². The Labute approximate surface area is 104 Å². The number of hydrogen-bond donors (Lipinski definition) is 1. The van der Waals surface area contributed by atoms with Gasteiger partial charge in [-0.15, -0.1) is 0 Å². The predicted octanol–water partition coefficient (Wildman–Crippen LogP) is 3.20. The van der Waals surface area contributed by atoms with Crippen LogP contribution in [-0.4, -0.2) is 15.7 Å². The van der Waals surface area contributed by atoms with Crippen molar-refractivity contribution in [2.24, 2.45) is 11.8 Å². The van der Waals surface area contributed by atoms with Gasteiger partial charge in [0.2, 0.25) is 0 Å². The third kappa shape index (κ3) is 2.86. The largest absolute Gasteiger partial charge is 0.389 e. The SMILES string of the molecule is CC(C)C1CCCCC1(O)Cc1ccncc1. The number of hydrogen-bond acceptors (Lipinski definition) is 2. The number of rotatable bonds is 3. The molecule has 0 aliphatic heterocycles. The van der Waals surface area contributed by atoms with Crippen LogP contribution in [0.3, 0.4) is 0 Å². The van der Waals surface area contributed by atoms with Crippen LogP contribution in [0.25, 0.3) is 0 Å². The molecule has 0 amide bonds. The summed E-state index contributed by atoms with van der Waals surface area (Å²) in [5, 5.41) is 10.9. The lowest BCUT2D eigenvalue weighted by molar-refractivity contribution is -0.0652. The highest BCUT2D eigenvalue weighted by Gasteiger charge is 2.40. The monoisotopic (exact) mass is 233 g/mol. The molecule has 1 heterocycles. The molecular weight excluding hydrogens is 210 g/mol. The van der Waals surface area contributed by atoms with E-state index >= 15 is 0 Å². The molecule has 2 unspecified atom stereocenters. The molecule has 1 fully saturated rings. The second-order valence-electron chi connectivity index (χ2n) is 5.73. The van der Waals surface area contributed by atoms with E-state index in [2.05, 4.69) is 18.8 Å². The molecule has 1 aliphatic carbocycles. The Hall–Kier alpha value is -0.890. The zero-order valence-electron chi connectivity index (χ0n) is 10.9. The van der Waals surface area contributed by atoms with Crippen molar-refractivity contribution in [3.63, 3.8) is 0 Å². The summed E-state index contributed by atoms with van der Waals surface area (Å²) < 4.78 is 0. The Morgan fingerprint density at radius 1 is 1.35 bits per heavy atom. The van der Waals surface area contributed by atoms with E-state index in [1.807, 2.05) is 24.5 Å². The van der Waals surface area contributed by atoms with E-state index < -0.39 is 5.60 Å². The molecule has 17 heavy (non-hydrogen) atoms. The summed E-state index contributed by atoms with van der Waals surface area (Å²) in [6.45, 7) is 4.46. The van der Waals surface area contributed by atoms with Crippen LogP contribution in [0, 0.1) is 11.8 Å². The van der Waals surface area contributed by atoms with Crippen molar-refractivity contribution in [1.82, 2.24) is 4.98 Å². The van der Waals surface area contributed by atoms with E-state index in [1.54, 1.807) is 0 Å². The lowest BCUT2D eigenvalue weighted by atomic mass is 9.68. The normalized spacial score (nSPS) is 29.5. The average Bonchev–Trinajstić information content (AvgIpc) is 2.30. The highest BCUT2D eigenvalue weighted by atomic mass is 16.3. The van der Waals surface area contributed by atoms with Crippen molar-refractivity contribution >= 4 is 0 Å². The summed E-state index contributed by atoms with van der Waals surface area (Å²) in [6, 6.07) is 4.04. The first-order valence-electron chi connectivity index (χ1n) is 6.73. The molecule has 2 heteroatoms. The van der Waals surface area contributed by atoms with Gasteiger partial charge in [0.25, 0.3) is 0 Å². The molecule has 2 nitrogen and oxygen atoms in total. The minimum atomic E-state index is -0.506. The Kier molecular flexibility index (Phi) is 3.82. The van der Waals surface area contributed by atoms with E-state index in [0.29, 0.717) is 11.8 Å². The van der Waals surface area contributed by atoms with Crippen molar-refractivity contribution in [3.8, 4) is 0 Å². The minimum absolute atomic E-state index is 0.435. The molecule has 1 aliphatic rings. The maximum Gasteiger partial charge on any atom is 0.0718 e. The molecular formula is C15H23NO. The van der Waals surface area contributed by atoms with E-state index in [0.717, 1.165) is 19.3 Å². The van der Waals surface area contributed by atoms with Crippen LogP contribution in [0.1, 0.15) is 45.1 Å². The van der Waals surface area contributed by atoms with E-state index in [4.69, 9.17) is 0 Å². The van der Waals surface area contributed by atoms with Gasteiger partial charge in [-0.25, -0.2) is 0 Å². The zero-order chi connectivity index (χ0) is 12.3. The minimum Gasteiger partial charge on any atom is -0.389 e. The molecule has 94 valence electrons. The lowest BCUT2D eigenvalue weighted by Crippen LogP contribution is -2.45. The van der Waals surface area contributed by atoms with Gasteiger partial charge in [0.15, 0.2) is 0 Å². The van der Waals surface area contributed by atoms with Gasteiger partial charge < -0.3 is 5.11 Å². The number of pyridine rings is 1. The molecule has 2 rings (SSSR count). The quantitative estimate of drug-likeness (QED) is 0.869. The molecule has 2 atom stereocenters. The third-order valence-electron chi connectivity index (χ3n) is 4.13. The molecule has 1 aromatic heterocycles. The smallest absolute Gasteiger partial charge is 0.0718 e. The van der Waals surface area contributed by atoms with Gasteiger partial charge in [0.05, 0.1) is 5.60 Å². The van der Waals surface area contributed by atoms with E-state index in [-0.39, 0.29) is 0 Å². The van der Waals surface area contributed by atoms with Crippen LogP contribution in [0.2, 0.25) is 0 Å². The molecule has 0 radical (unpaired) electrons. The van der Waals surface area contributed by atoms with Gasteiger partial charge in [-0.1, -0.05) is 26.7 Å². The molecule has 1 aromatic rings. The van der Waals surface area contributed by atoms with Crippen molar-refractivity contribution in [3.05, 3.63) is 30.1 Å². The molecule has 1 saturated carbocycles. The third-order valence-corrected chi connectivity index (χ3v) is 4.13. The Balaban J connectivity index is 2.15. The Bertz CT molecular complexity index is 349. The maximum absolute atomic E-state index is 10.9. The van der Waals surface area contributed by atoms with Crippen LogP contribution < -0.4 is 0 Å². The zero-order valence-corrected chi connectivity index (χ0v) is 10.9. The maximum atomic E-state index is 10.9. The Morgan fingerprint density at radius 3 is 2.71 bits per heavy atom. The van der Waals surface area contributed by atoms with Gasteiger partial charge in [0, 0.05) is 18.8 Å². The Morgan fingerprint density at radius 2 is 2.06 bits per heavy atom. The lowest BCUT2D eigenvalue weighted by Gasteiger charge is -2.42. The predicted molar refractivity (Wildman–Crippen MR) is 69.7 cm³/mol. The second-order valence-corrected chi connectivity index (χ2v) is 5.73. The first-order valence-corrected chi connectivity index (χ1v) is 6.73. The number of aliphatic hydroxyl groups is 1. The van der Waals surface area contributed by atoms with Crippen LogP contribution >= 0.6 is 0 Å². The first-order chi connectivity index (χ1) is 8.12. The standard InChI is InChI=1S/C15H23NO/c1-12(2)14-5-3-4-8-15(14,17)11-13-6-9-16-10-7-13/h6-7,9-10,12,14,17H,3-5,8,11H2,1-2H3. The van der Waals surface area contributed by atoms with Crippen LogP contribution in [0.4, 0.5) is 0 Å². The highest BCUT2D eigenvalue weighted by molar-refractivity contribution is 5.14. The molecule has 0 aromatic carbocycles. The number of aromatic nitrogens is 1. The summed E-state index contributed by atoms with van der Waals surface area (Å²) in [7, 11) is 0. The van der Waals surface area contributed by atoms with Crippen LogP contribution in [0.5, 0.6) is 0 Å². The highest BCUT2D eigenvalue weighted by Crippen LogP contribution is 2.40. The van der Waals surface area contributed by atoms with E-state index in [1.165, 1.54) is 18.4 Å². The van der Waals surface area contributed by atoms with Crippen molar-refractivity contribution < 1.29 is 5.11 Å². The van der Waals surface area contributed by atoms with Gasteiger partial charge in [-0.05, 0) is 42.4 Å². The summed E-state index contributed by atoms with van der Waals surface area (Å²) >= 11 is 0. The van der Waals surface area contributed by atoms with Crippen molar-refractivity contribution in [2.75, 3.05) is 0 Å². The van der Waals surface area contributed by atoms with Gasteiger partial charge in [0.1, 0.15) is 0 Å². The average molecular weight is 233 g/mol. The van der Waals surface area contributed by atoms with Gasteiger partial charge in [-0.3, -0.25) is 4.98 Å². The molecule has 0 saturated heterocycles. The second kappa shape index (κ2) is 5.18. The first kappa shape index (κ1) is 12.6. The fourth-order valence-electron chi connectivity index (χ4n) is 3.28. The fraction of sp³-hybridized carbons (Fsp3) is 0.667. The molecule has 0 bridgehead atoms. The topological polar surface area (TPSA) is 33.1 Å². The fourth-order valence-corrected chi connectivity index (χ4v) is 3.28. The summed E-state index contributed by atoms with van der Waals surface area (Å²) in [5.74, 6) is 0.992. The van der Waals surface area contributed by atoms with Crippen molar-refractivity contribution in [2.45, 2.75) is 51.6 Å². The summed E-state index contributed by atoms with van der Waals surface area (Å²) in [6.07, 6.45) is 8.93. The number of nitrogens with zero attached hydrogens (tertiary/aromatic N) is 1. The van der Waals surface area contributed by atoms with E-state index in [9.17, 15) is 5.11 Å². The summed E-state index contributed by atoms with van der Waals surface area (Å²) in [5.41, 5.74) is 0.698. The molecule has 0 spiro atoms. The molecule has 1 N–H and O–H groups in total. The van der Waals surface area contributed by atoms with Crippen molar-refractivity contribution in [1.29, 1.82) is 0 Å². The van der Waals surface area contributed by atoms with Gasteiger partial charge >= 0.3 is 0 Å². The van der Waals surface area contributed by atoms with Gasteiger partial charge in [-0.2, -0.15) is 0 Å². The summed E-state index contributed by atoms with van der Waals surface area (Å²) in [4.78, 5) is 4.03.